The maximum Gasteiger partial charge on any atom is 0.0217 e. The lowest BCUT2D eigenvalue weighted by molar-refractivity contribution is 0.182. The lowest BCUT2D eigenvalue weighted by atomic mass is 10.0. The van der Waals surface area contributed by atoms with Crippen molar-refractivity contribution in [3.05, 3.63) is 0 Å². The fourth-order valence-corrected chi connectivity index (χ4v) is 1.71. The van der Waals surface area contributed by atoms with Gasteiger partial charge in [-0.1, -0.05) is 13.3 Å². The van der Waals surface area contributed by atoms with Gasteiger partial charge >= 0.3 is 0 Å². The largest absolute Gasteiger partial charge is 0.315 e. The van der Waals surface area contributed by atoms with Crippen LogP contribution in [0, 0.1) is 0 Å². The zero-order chi connectivity index (χ0) is 8.10. The summed E-state index contributed by atoms with van der Waals surface area (Å²) < 4.78 is 0. The number of likely N-dealkylation sites (N-methyl/N-ethyl adjacent to an activating group) is 2. The van der Waals surface area contributed by atoms with Crippen LogP contribution in [0.1, 0.15) is 26.2 Å². The molecular weight excluding hydrogens is 136 g/mol. The Labute approximate surface area is 70.0 Å². The van der Waals surface area contributed by atoms with Gasteiger partial charge in [-0.15, -0.1) is 0 Å². The number of rotatable bonds is 3. The molecule has 1 rings (SSSR count). The van der Waals surface area contributed by atoms with Crippen molar-refractivity contribution in [3.8, 4) is 0 Å². The summed E-state index contributed by atoms with van der Waals surface area (Å²) in [5.74, 6) is 0. The first-order valence-electron chi connectivity index (χ1n) is 4.75. The lowest BCUT2D eigenvalue weighted by Gasteiger charge is -2.32. The zero-order valence-electron chi connectivity index (χ0n) is 7.77. The molecule has 1 saturated heterocycles. The van der Waals surface area contributed by atoms with E-state index in [0.29, 0.717) is 0 Å². The van der Waals surface area contributed by atoms with Gasteiger partial charge in [0, 0.05) is 12.6 Å². The van der Waals surface area contributed by atoms with Gasteiger partial charge in [0.15, 0.2) is 0 Å². The summed E-state index contributed by atoms with van der Waals surface area (Å²) in [7, 11) is 2.24. The first-order valence-corrected chi connectivity index (χ1v) is 4.75. The molecule has 0 bridgehead atoms. The highest BCUT2D eigenvalue weighted by Gasteiger charge is 2.17. The summed E-state index contributed by atoms with van der Waals surface area (Å²) in [4.78, 5) is 2.48. The molecule has 0 aromatic rings. The van der Waals surface area contributed by atoms with E-state index in [-0.39, 0.29) is 0 Å². The van der Waals surface area contributed by atoms with Gasteiger partial charge in [-0.3, -0.25) is 0 Å². The summed E-state index contributed by atoms with van der Waals surface area (Å²) in [6, 6.07) is 0.795. The van der Waals surface area contributed by atoms with Gasteiger partial charge in [0.2, 0.25) is 0 Å². The number of hydrogen-bond donors (Lipinski definition) is 1. The van der Waals surface area contributed by atoms with Crippen molar-refractivity contribution in [2.75, 3.05) is 26.7 Å². The Morgan fingerprint density at radius 3 is 2.91 bits per heavy atom. The molecule has 0 saturated carbocycles. The number of nitrogens with zero attached hydrogens (tertiary/aromatic N) is 1. The highest BCUT2D eigenvalue weighted by molar-refractivity contribution is 4.75. The van der Waals surface area contributed by atoms with Crippen molar-refractivity contribution < 1.29 is 0 Å². The highest BCUT2D eigenvalue weighted by atomic mass is 15.1. The van der Waals surface area contributed by atoms with Crippen molar-refractivity contribution in [1.29, 1.82) is 0 Å². The second-order valence-electron chi connectivity index (χ2n) is 3.44. The van der Waals surface area contributed by atoms with E-state index >= 15 is 0 Å². The molecule has 1 heterocycles. The first kappa shape index (κ1) is 9.01. The van der Waals surface area contributed by atoms with Crippen molar-refractivity contribution in [2.24, 2.45) is 0 Å². The van der Waals surface area contributed by atoms with Crippen LogP contribution in [0.15, 0.2) is 0 Å². The third-order valence-corrected chi connectivity index (χ3v) is 2.55. The summed E-state index contributed by atoms with van der Waals surface area (Å²) in [5, 5.41) is 3.41. The van der Waals surface area contributed by atoms with Gasteiger partial charge in [0.05, 0.1) is 0 Å². The maximum absolute atomic E-state index is 3.41. The van der Waals surface area contributed by atoms with E-state index in [1.54, 1.807) is 0 Å². The predicted molar refractivity (Wildman–Crippen MR) is 48.8 cm³/mol. The van der Waals surface area contributed by atoms with E-state index in [1.807, 2.05) is 0 Å². The standard InChI is InChI=1S/C9H20N2/c1-3-10-8-9-6-4-5-7-11(9)2/h9-10H,3-8H2,1-2H3/t9-/m0/s1. The van der Waals surface area contributed by atoms with Crippen molar-refractivity contribution in [1.82, 2.24) is 10.2 Å². The zero-order valence-corrected chi connectivity index (χ0v) is 7.77. The number of piperidine rings is 1. The minimum atomic E-state index is 0.795. The van der Waals surface area contributed by atoms with Crippen LogP contribution in [0.5, 0.6) is 0 Å². The van der Waals surface area contributed by atoms with E-state index in [0.717, 1.165) is 12.6 Å². The average Bonchev–Trinajstić information content (AvgIpc) is 2.03. The van der Waals surface area contributed by atoms with Crippen molar-refractivity contribution in [3.63, 3.8) is 0 Å². The van der Waals surface area contributed by atoms with E-state index < -0.39 is 0 Å². The second-order valence-corrected chi connectivity index (χ2v) is 3.44. The van der Waals surface area contributed by atoms with E-state index in [4.69, 9.17) is 0 Å². The molecule has 0 aromatic heterocycles. The Morgan fingerprint density at radius 1 is 1.45 bits per heavy atom. The van der Waals surface area contributed by atoms with E-state index in [2.05, 4.69) is 24.2 Å². The molecule has 66 valence electrons. The topological polar surface area (TPSA) is 15.3 Å². The molecule has 1 N–H and O–H groups in total. The Balaban J connectivity index is 2.18. The molecule has 11 heavy (non-hydrogen) atoms. The summed E-state index contributed by atoms with van der Waals surface area (Å²) >= 11 is 0. The van der Waals surface area contributed by atoms with Gasteiger partial charge in [0.25, 0.3) is 0 Å². The molecule has 0 amide bonds. The van der Waals surface area contributed by atoms with Gasteiger partial charge in [-0.05, 0) is 33.0 Å². The van der Waals surface area contributed by atoms with Crippen LogP contribution in [-0.2, 0) is 0 Å². The molecule has 0 aromatic carbocycles. The van der Waals surface area contributed by atoms with Crippen LogP contribution in [0.25, 0.3) is 0 Å². The predicted octanol–water partition coefficient (Wildman–Crippen LogP) is 1.08. The number of hydrogen-bond acceptors (Lipinski definition) is 2. The van der Waals surface area contributed by atoms with Crippen LogP contribution in [0.2, 0.25) is 0 Å². The molecule has 0 radical (unpaired) electrons. The summed E-state index contributed by atoms with van der Waals surface area (Å²) in [6.45, 7) is 5.73. The molecule has 1 aliphatic rings. The monoisotopic (exact) mass is 156 g/mol. The minimum absolute atomic E-state index is 0.795. The normalized spacial score (nSPS) is 27.3. The molecule has 0 aliphatic carbocycles. The summed E-state index contributed by atoms with van der Waals surface area (Å²) in [5.41, 5.74) is 0. The van der Waals surface area contributed by atoms with Gasteiger partial charge in [-0.25, -0.2) is 0 Å². The first-order chi connectivity index (χ1) is 5.34. The van der Waals surface area contributed by atoms with Gasteiger partial charge < -0.3 is 10.2 Å². The van der Waals surface area contributed by atoms with Crippen LogP contribution < -0.4 is 5.32 Å². The van der Waals surface area contributed by atoms with E-state index in [9.17, 15) is 0 Å². The van der Waals surface area contributed by atoms with Crippen molar-refractivity contribution in [2.45, 2.75) is 32.2 Å². The SMILES string of the molecule is CCNC[C@@H]1CCCCN1C. The lowest BCUT2D eigenvalue weighted by Crippen LogP contribution is -2.42. The maximum atomic E-state index is 3.41. The molecule has 1 aliphatic heterocycles. The minimum Gasteiger partial charge on any atom is -0.315 e. The average molecular weight is 156 g/mol. The molecule has 1 fully saturated rings. The Bertz CT molecular complexity index is 104. The van der Waals surface area contributed by atoms with Crippen molar-refractivity contribution >= 4 is 0 Å². The van der Waals surface area contributed by atoms with Crippen LogP contribution >= 0.6 is 0 Å². The molecule has 0 spiro atoms. The Kier molecular flexibility index (Phi) is 3.87. The van der Waals surface area contributed by atoms with Gasteiger partial charge in [-0.2, -0.15) is 0 Å². The van der Waals surface area contributed by atoms with Crippen LogP contribution in [-0.4, -0.2) is 37.6 Å². The second kappa shape index (κ2) is 4.73. The van der Waals surface area contributed by atoms with Crippen LogP contribution in [0.4, 0.5) is 0 Å². The summed E-state index contributed by atoms with van der Waals surface area (Å²) in [6.07, 6.45) is 4.18. The van der Waals surface area contributed by atoms with Crippen LogP contribution in [0.3, 0.4) is 0 Å². The third-order valence-electron chi connectivity index (χ3n) is 2.55. The molecule has 0 unspecified atom stereocenters. The quantitative estimate of drug-likeness (QED) is 0.658. The Hall–Kier alpha value is -0.0800. The molecular formula is C9H20N2. The van der Waals surface area contributed by atoms with Gasteiger partial charge in [0.1, 0.15) is 0 Å². The number of likely N-dealkylation sites (tertiary alicyclic amines) is 1. The fraction of sp³-hybridized carbons (Fsp3) is 1.00. The highest BCUT2D eigenvalue weighted by Crippen LogP contribution is 2.13. The molecule has 2 nitrogen and oxygen atoms in total. The fourth-order valence-electron chi connectivity index (χ4n) is 1.71. The number of nitrogens with one attached hydrogen (secondary N) is 1. The molecule has 1 atom stereocenters. The smallest absolute Gasteiger partial charge is 0.0217 e. The third kappa shape index (κ3) is 2.80. The van der Waals surface area contributed by atoms with E-state index in [1.165, 1.54) is 32.4 Å². The Morgan fingerprint density at radius 2 is 2.27 bits per heavy atom. The molecule has 2 heteroatoms.